The molecule has 0 bridgehead atoms. The standard InChI is InChI=1S/C12H20N2O/c1-5-12(2,3)9-10(8-6-7-8)13-14(4)11(9)15/h8,13H,5-7H2,1-4H3. The Morgan fingerprint density at radius 1 is 1.47 bits per heavy atom. The highest BCUT2D eigenvalue weighted by Gasteiger charge is 2.35. The average molecular weight is 208 g/mol. The van der Waals surface area contributed by atoms with E-state index in [0.29, 0.717) is 5.92 Å². The van der Waals surface area contributed by atoms with Gasteiger partial charge in [-0.2, -0.15) is 0 Å². The lowest BCUT2D eigenvalue weighted by atomic mass is 9.81. The van der Waals surface area contributed by atoms with Gasteiger partial charge in [-0.15, -0.1) is 0 Å². The summed E-state index contributed by atoms with van der Waals surface area (Å²) < 4.78 is 1.63. The van der Waals surface area contributed by atoms with Gasteiger partial charge in [0.15, 0.2) is 0 Å². The van der Waals surface area contributed by atoms with Crippen LogP contribution >= 0.6 is 0 Å². The molecular weight excluding hydrogens is 188 g/mol. The largest absolute Gasteiger partial charge is 0.299 e. The Hall–Kier alpha value is -0.990. The summed E-state index contributed by atoms with van der Waals surface area (Å²) in [4.78, 5) is 12.1. The molecule has 1 aliphatic rings. The van der Waals surface area contributed by atoms with Crippen molar-refractivity contribution in [2.45, 2.75) is 51.4 Å². The fraction of sp³-hybridized carbons (Fsp3) is 0.750. The van der Waals surface area contributed by atoms with E-state index in [-0.39, 0.29) is 11.0 Å². The monoisotopic (exact) mass is 208 g/mol. The number of nitrogens with one attached hydrogen (secondary N) is 1. The van der Waals surface area contributed by atoms with Gasteiger partial charge in [0, 0.05) is 24.2 Å². The molecule has 84 valence electrons. The van der Waals surface area contributed by atoms with Gasteiger partial charge in [-0.1, -0.05) is 20.8 Å². The first kappa shape index (κ1) is 10.5. The van der Waals surface area contributed by atoms with Crippen LogP contribution in [0.25, 0.3) is 0 Å². The lowest BCUT2D eigenvalue weighted by Gasteiger charge is -2.21. The van der Waals surface area contributed by atoms with E-state index >= 15 is 0 Å². The number of aromatic amines is 1. The van der Waals surface area contributed by atoms with E-state index in [1.54, 1.807) is 4.68 Å². The molecule has 3 nitrogen and oxygen atoms in total. The van der Waals surface area contributed by atoms with E-state index in [9.17, 15) is 4.79 Å². The number of aryl methyl sites for hydroxylation is 1. The Kier molecular flexibility index (Phi) is 2.28. The van der Waals surface area contributed by atoms with E-state index in [2.05, 4.69) is 25.9 Å². The second kappa shape index (κ2) is 3.26. The third kappa shape index (κ3) is 1.64. The van der Waals surface area contributed by atoms with Crippen molar-refractivity contribution < 1.29 is 0 Å². The smallest absolute Gasteiger partial charge is 0.270 e. The zero-order valence-electron chi connectivity index (χ0n) is 10.1. The van der Waals surface area contributed by atoms with Gasteiger partial charge in [0.05, 0.1) is 0 Å². The molecule has 0 unspecified atom stereocenters. The molecule has 1 fully saturated rings. The highest BCUT2D eigenvalue weighted by Crippen LogP contribution is 2.42. The summed E-state index contributed by atoms with van der Waals surface area (Å²) >= 11 is 0. The number of hydrogen-bond donors (Lipinski definition) is 1. The van der Waals surface area contributed by atoms with Crippen LogP contribution < -0.4 is 5.56 Å². The lowest BCUT2D eigenvalue weighted by Crippen LogP contribution is -2.27. The maximum Gasteiger partial charge on any atom is 0.270 e. The summed E-state index contributed by atoms with van der Waals surface area (Å²) in [5.74, 6) is 0.611. The van der Waals surface area contributed by atoms with Gasteiger partial charge >= 0.3 is 0 Å². The average Bonchev–Trinajstić information content (AvgIpc) is 2.95. The molecule has 0 spiro atoms. The van der Waals surface area contributed by atoms with Crippen LogP contribution in [-0.4, -0.2) is 9.78 Å². The Labute approximate surface area is 90.5 Å². The molecule has 0 aromatic carbocycles. The van der Waals surface area contributed by atoms with E-state index in [4.69, 9.17) is 0 Å². The van der Waals surface area contributed by atoms with Crippen molar-refractivity contribution in [2.75, 3.05) is 0 Å². The van der Waals surface area contributed by atoms with Gasteiger partial charge in [0.2, 0.25) is 0 Å². The molecule has 1 N–H and O–H groups in total. The zero-order chi connectivity index (χ0) is 11.2. The topological polar surface area (TPSA) is 37.8 Å². The Bertz CT molecular complexity index is 421. The van der Waals surface area contributed by atoms with Gasteiger partial charge in [0.25, 0.3) is 5.56 Å². The van der Waals surface area contributed by atoms with E-state index in [0.717, 1.165) is 12.0 Å². The fourth-order valence-electron chi connectivity index (χ4n) is 2.07. The Balaban J connectivity index is 2.57. The molecule has 0 aliphatic heterocycles. The van der Waals surface area contributed by atoms with Crippen molar-refractivity contribution in [3.63, 3.8) is 0 Å². The third-order valence-electron chi connectivity index (χ3n) is 3.62. The van der Waals surface area contributed by atoms with Crippen molar-refractivity contribution >= 4 is 0 Å². The third-order valence-corrected chi connectivity index (χ3v) is 3.62. The highest BCUT2D eigenvalue weighted by atomic mass is 16.1. The number of rotatable bonds is 3. The van der Waals surface area contributed by atoms with Crippen LogP contribution in [0.15, 0.2) is 4.79 Å². The molecule has 0 radical (unpaired) electrons. The van der Waals surface area contributed by atoms with Crippen LogP contribution in [0, 0.1) is 0 Å². The molecule has 1 aromatic rings. The second-order valence-corrected chi connectivity index (χ2v) is 5.28. The van der Waals surface area contributed by atoms with Crippen LogP contribution in [0.3, 0.4) is 0 Å². The maximum absolute atomic E-state index is 12.1. The van der Waals surface area contributed by atoms with Crippen LogP contribution in [0.5, 0.6) is 0 Å². The molecule has 1 heterocycles. The Morgan fingerprint density at radius 3 is 2.53 bits per heavy atom. The minimum Gasteiger partial charge on any atom is -0.299 e. The van der Waals surface area contributed by atoms with Crippen LogP contribution in [0.4, 0.5) is 0 Å². The van der Waals surface area contributed by atoms with Crippen LogP contribution in [0.1, 0.15) is 57.2 Å². The van der Waals surface area contributed by atoms with Crippen LogP contribution in [-0.2, 0) is 12.5 Å². The number of H-pyrrole nitrogens is 1. The first-order valence-corrected chi connectivity index (χ1v) is 5.76. The highest BCUT2D eigenvalue weighted by molar-refractivity contribution is 5.31. The summed E-state index contributed by atoms with van der Waals surface area (Å²) in [6.07, 6.45) is 3.46. The fourth-order valence-corrected chi connectivity index (χ4v) is 2.07. The summed E-state index contributed by atoms with van der Waals surface area (Å²) in [5.41, 5.74) is 2.35. The zero-order valence-corrected chi connectivity index (χ0v) is 10.1. The lowest BCUT2D eigenvalue weighted by molar-refractivity contribution is 0.497. The quantitative estimate of drug-likeness (QED) is 0.813. The SMILES string of the molecule is CCC(C)(C)c1c(C2CC2)[nH]n(C)c1=O. The predicted octanol–water partition coefficient (Wildman–Crippen LogP) is 2.28. The molecule has 1 aliphatic carbocycles. The molecule has 0 atom stereocenters. The first-order chi connectivity index (χ1) is 6.97. The molecule has 1 aromatic heterocycles. The van der Waals surface area contributed by atoms with E-state index in [1.807, 2.05) is 7.05 Å². The molecule has 0 saturated heterocycles. The molecule has 2 rings (SSSR count). The molecule has 1 saturated carbocycles. The predicted molar refractivity (Wildman–Crippen MR) is 61.3 cm³/mol. The van der Waals surface area contributed by atoms with Crippen LogP contribution in [0.2, 0.25) is 0 Å². The molecule has 15 heavy (non-hydrogen) atoms. The second-order valence-electron chi connectivity index (χ2n) is 5.28. The van der Waals surface area contributed by atoms with Crippen molar-refractivity contribution in [3.8, 4) is 0 Å². The van der Waals surface area contributed by atoms with E-state index < -0.39 is 0 Å². The van der Waals surface area contributed by atoms with Crippen molar-refractivity contribution in [1.82, 2.24) is 9.78 Å². The minimum atomic E-state index is -0.00718. The normalized spacial score (nSPS) is 17.1. The Morgan fingerprint density at radius 2 is 2.07 bits per heavy atom. The number of aromatic nitrogens is 2. The van der Waals surface area contributed by atoms with Gasteiger partial charge in [-0.05, 0) is 24.7 Å². The van der Waals surface area contributed by atoms with Gasteiger partial charge in [-0.25, -0.2) is 0 Å². The van der Waals surface area contributed by atoms with E-state index in [1.165, 1.54) is 18.5 Å². The van der Waals surface area contributed by atoms with Crippen molar-refractivity contribution in [3.05, 3.63) is 21.6 Å². The first-order valence-electron chi connectivity index (χ1n) is 5.76. The summed E-state index contributed by atoms with van der Waals surface area (Å²) in [7, 11) is 1.81. The number of nitrogens with zero attached hydrogens (tertiary/aromatic N) is 1. The van der Waals surface area contributed by atoms with Gasteiger partial charge < -0.3 is 0 Å². The summed E-state index contributed by atoms with van der Waals surface area (Å²) in [5, 5.41) is 3.22. The minimum absolute atomic E-state index is 0.00718. The molecular formula is C12H20N2O. The summed E-state index contributed by atoms with van der Waals surface area (Å²) in [6, 6.07) is 0. The van der Waals surface area contributed by atoms with Crippen molar-refractivity contribution in [1.29, 1.82) is 0 Å². The summed E-state index contributed by atoms with van der Waals surface area (Å²) in [6.45, 7) is 6.45. The number of hydrogen-bond acceptors (Lipinski definition) is 1. The van der Waals surface area contributed by atoms with Gasteiger partial charge in [-0.3, -0.25) is 14.6 Å². The van der Waals surface area contributed by atoms with Crippen molar-refractivity contribution in [2.24, 2.45) is 7.05 Å². The maximum atomic E-state index is 12.1. The van der Waals surface area contributed by atoms with Gasteiger partial charge in [0.1, 0.15) is 0 Å². The molecule has 0 amide bonds. The molecule has 3 heteroatoms.